The Labute approximate surface area is 56.6 Å². The van der Waals surface area contributed by atoms with Gasteiger partial charge in [-0.2, -0.15) is 0 Å². The molecule has 1 aromatic carbocycles. The molecular formula is C6H5BrN. The van der Waals surface area contributed by atoms with Crippen LogP contribution in [-0.2, 0) is 0 Å². The molecule has 0 aromatic heterocycles. The molecule has 41 valence electrons. The highest BCUT2D eigenvalue weighted by Crippen LogP contribution is 2.09. The normalized spacial score (nSPS) is 9.12. The van der Waals surface area contributed by atoms with E-state index in [-0.39, 0.29) is 0 Å². The Balaban J connectivity index is 3.03. The summed E-state index contributed by atoms with van der Waals surface area (Å²) in [6, 6.07) is 8.29. The van der Waals surface area contributed by atoms with E-state index in [1.54, 1.807) is 6.07 Å². The maximum atomic E-state index is 5.37. The van der Waals surface area contributed by atoms with Crippen LogP contribution in [0, 0.1) is 6.07 Å². The topological polar surface area (TPSA) is 26.0 Å². The third-order valence-corrected chi connectivity index (χ3v) is 1.29. The first-order valence-electron chi connectivity index (χ1n) is 2.22. The fourth-order valence-corrected chi connectivity index (χ4v) is 0.665. The summed E-state index contributed by atoms with van der Waals surface area (Å²) in [6.45, 7) is 0. The summed E-state index contributed by atoms with van der Waals surface area (Å²) in [5, 5.41) is 0. The summed E-state index contributed by atoms with van der Waals surface area (Å²) in [5.41, 5.74) is 6.12. The molecule has 2 N–H and O–H groups in total. The molecule has 8 heavy (non-hydrogen) atoms. The van der Waals surface area contributed by atoms with E-state index in [4.69, 9.17) is 5.73 Å². The predicted molar refractivity (Wildman–Crippen MR) is 37.4 cm³/mol. The van der Waals surface area contributed by atoms with E-state index in [9.17, 15) is 0 Å². The van der Waals surface area contributed by atoms with E-state index in [1.807, 2.05) is 12.1 Å². The standard InChI is InChI=1S/C6H5BrN/c7-5-1-3-6(8)4-2-5/h1,3-4H,8H2. The Bertz CT molecular complexity index is 147. The minimum Gasteiger partial charge on any atom is -0.399 e. The molecule has 0 bridgehead atoms. The van der Waals surface area contributed by atoms with E-state index in [2.05, 4.69) is 22.0 Å². The maximum absolute atomic E-state index is 5.37. The molecule has 1 aromatic rings. The zero-order chi connectivity index (χ0) is 5.98. The molecule has 0 aliphatic carbocycles. The zero-order valence-electron chi connectivity index (χ0n) is 4.19. The van der Waals surface area contributed by atoms with E-state index >= 15 is 0 Å². The number of nitrogen functional groups attached to an aromatic ring is 1. The van der Waals surface area contributed by atoms with Gasteiger partial charge in [0.25, 0.3) is 0 Å². The van der Waals surface area contributed by atoms with Crippen molar-refractivity contribution in [3.8, 4) is 0 Å². The largest absolute Gasteiger partial charge is 0.399 e. The van der Waals surface area contributed by atoms with Crippen LogP contribution >= 0.6 is 15.9 Å². The van der Waals surface area contributed by atoms with Crippen LogP contribution in [0.25, 0.3) is 0 Å². The number of hydrogen-bond acceptors (Lipinski definition) is 1. The minimum absolute atomic E-state index is 0.744. The highest BCUT2D eigenvalue weighted by molar-refractivity contribution is 9.10. The molecule has 0 saturated carbocycles. The number of hydrogen-bond donors (Lipinski definition) is 1. The summed E-state index contributed by atoms with van der Waals surface area (Å²) < 4.78 is 0.937. The molecule has 0 heterocycles. The van der Waals surface area contributed by atoms with Crippen LogP contribution in [0.4, 0.5) is 5.69 Å². The third kappa shape index (κ3) is 1.23. The second kappa shape index (κ2) is 2.18. The van der Waals surface area contributed by atoms with Crippen molar-refractivity contribution in [1.82, 2.24) is 0 Å². The molecule has 0 atom stereocenters. The molecule has 0 aliphatic heterocycles. The highest BCUT2D eigenvalue weighted by atomic mass is 79.9. The van der Waals surface area contributed by atoms with Gasteiger partial charge in [0.1, 0.15) is 0 Å². The van der Waals surface area contributed by atoms with Crippen LogP contribution in [0.1, 0.15) is 0 Å². The molecule has 0 saturated heterocycles. The van der Waals surface area contributed by atoms with E-state index < -0.39 is 0 Å². The van der Waals surface area contributed by atoms with Gasteiger partial charge in [-0.1, -0.05) is 15.9 Å². The van der Waals surface area contributed by atoms with Crippen molar-refractivity contribution in [3.05, 3.63) is 28.7 Å². The van der Waals surface area contributed by atoms with Crippen LogP contribution in [0.5, 0.6) is 0 Å². The lowest BCUT2D eigenvalue weighted by Gasteiger charge is -1.88. The van der Waals surface area contributed by atoms with Crippen molar-refractivity contribution in [2.24, 2.45) is 0 Å². The van der Waals surface area contributed by atoms with Crippen LogP contribution in [-0.4, -0.2) is 0 Å². The Kier molecular flexibility index (Phi) is 1.53. The number of halogens is 1. The van der Waals surface area contributed by atoms with Gasteiger partial charge in [0.2, 0.25) is 0 Å². The van der Waals surface area contributed by atoms with Gasteiger partial charge in [0.15, 0.2) is 0 Å². The molecule has 0 unspecified atom stereocenters. The quantitative estimate of drug-likeness (QED) is 0.592. The van der Waals surface area contributed by atoms with Gasteiger partial charge in [-0.3, -0.25) is 0 Å². The molecule has 0 fully saturated rings. The number of rotatable bonds is 0. The van der Waals surface area contributed by atoms with Gasteiger partial charge < -0.3 is 5.73 Å². The molecule has 1 radical (unpaired) electrons. The average molecular weight is 171 g/mol. The van der Waals surface area contributed by atoms with Crippen LogP contribution in [0.3, 0.4) is 0 Å². The van der Waals surface area contributed by atoms with Crippen LogP contribution < -0.4 is 5.73 Å². The fraction of sp³-hybridized carbons (Fsp3) is 0. The lowest BCUT2D eigenvalue weighted by Crippen LogP contribution is -1.80. The lowest BCUT2D eigenvalue weighted by atomic mass is 10.3. The second-order valence-electron chi connectivity index (χ2n) is 1.47. The molecule has 0 spiro atoms. The summed E-state index contributed by atoms with van der Waals surface area (Å²) in [4.78, 5) is 0. The van der Waals surface area contributed by atoms with Gasteiger partial charge >= 0.3 is 0 Å². The molecule has 0 amide bonds. The minimum atomic E-state index is 0.744. The fourth-order valence-electron chi connectivity index (χ4n) is 0.418. The molecular weight excluding hydrogens is 166 g/mol. The molecule has 2 heteroatoms. The van der Waals surface area contributed by atoms with E-state index in [1.165, 1.54) is 0 Å². The first kappa shape index (κ1) is 5.63. The Hall–Kier alpha value is -0.500. The average Bonchev–Trinajstić information content (AvgIpc) is 1.77. The van der Waals surface area contributed by atoms with Gasteiger partial charge in [0.05, 0.1) is 0 Å². The highest BCUT2D eigenvalue weighted by Gasteiger charge is 1.82. The van der Waals surface area contributed by atoms with Crippen molar-refractivity contribution in [1.29, 1.82) is 0 Å². The SMILES string of the molecule is Nc1c[c]c(Br)cc1. The molecule has 1 rings (SSSR count). The maximum Gasteiger partial charge on any atom is 0.0321 e. The molecule has 1 nitrogen and oxygen atoms in total. The van der Waals surface area contributed by atoms with Gasteiger partial charge in [-0.05, 0) is 24.3 Å². The van der Waals surface area contributed by atoms with Crippen molar-refractivity contribution in [2.45, 2.75) is 0 Å². The third-order valence-electron chi connectivity index (χ3n) is 0.799. The van der Waals surface area contributed by atoms with Crippen molar-refractivity contribution < 1.29 is 0 Å². The number of nitrogens with two attached hydrogens (primary N) is 1. The van der Waals surface area contributed by atoms with Crippen LogP contribution in [0.15, 0.2) is 22.7 Å². The van der Waals surface area contributed by atoms with Gasteiger partial charge in [-0.25, -0.2) is 0 Å². The Morgan fingerprint density at radius 2 is 2.25 bits per heavy atom. The first-order valence-corrected chi connectivity index (χ1v) is 3.01. The molecule has 0 aliphatic rings. The van der Waals surface area contributed by atoms with Crippen molar-refractivity contribution in [2.75, 3.05) is 5.73 Å². The summed E-state index contributed by atoms with van der Waals surface area (Å²) in [7, 11) is 0. The second-order valence-corrected chi connectivity index (χ2v) is 2.32. The zero-order valence-corrected chi connectivity index (χ0v) is 5.77. The smallest absolute Gasteiger partial charge is 0.0321 e. The Morgan fingerprint density at radius 3 is 2.62 bits per heavy atom. The lowest BCUT2D eigenvalue weighted by molar-refractivity contribution is 1.62. The Morgan fingerprint density at radius 1 is 1.50 bits per heavy atom. The summed E-state index contributed by atoms with van der Waals surface area (Å²) in [6.07, 6.45) is 0. The van der Waals surface area contributed by atoms with Crippen LogP contribution in [0.2, 0.25) is 0 Å². The van der Waals surface area contributed by atoms with E-state index in [0.717, 1.165) is 10.2 Å². The van der Waals surface area contributed by atoms with Gasteiger partial charge in [-0.15, -0.1) is 0 Å². The first-order chi connectivity index (χ1) is 3.79. The predicted octanol–water partition coefficient (Wildman–Crippen LogP) is 1.83. The monoisotopic (exact) mass is 170 g/mol. The van der Waals surface area contributed by atoms with Crippen molar-refractivity contribution in [3.63, 3.8) is 0 Å². The van der Waals surface area contributed by atoms with Gasteiger partial charge in [0, 0.05) is 10.2 Å². The summed E-state index contributed by atoms with van der Waals surface area (Å²) >= 11 is 3.23. The summed E-state index contributed by atoms with van der Waals surface area (Å²) in [5.74, 6) is 0. The van der Waals surface area contributed by atoms with E-state index in [0.29, 0.717) is 0 Å². The van der Waals surface area contributed by atoms with Crippen molar-refractivity contribution >= 4 is 21.6 Å². The number of benzene rings is 1. The number of anilines is 1.